The number of hydrogen-bond donors (Lipinski definition) is 2. The predicted molar refractivity (Wildman–Crippen MR) is 264 cm³/mol. The van der Waals surface area contributed by atoms with E-state index in [2.05, 4.69) is 110 Å². The number of hydrogen-bond acceptors (Lipinski definition) is 11. The number of halogens is 3. The number of nitrogens with zero attached hydrogens (tertiary/aromatic N) is 10. The van der Waals surface area contributed by atoms with Gasteiger partial charge < -0.3 is 55.2 Å². The Kier molecular flexibility index (Phi) is 26.7. The number of aliphatic hydroxyl groups excluding tert-OH is 2. The van der Waals surface area contributed by atoms with Gasteiger partial charge in [0.25, 0.3) is 0 Å². The zero-order valence-electron chi connectivity index (χ0n) is 40.3. The van der Waals surface area contributed by atoms with Crippen molar-refractivity contribution >= 4 is 68.8 Å². The number of benzene rings is 4. The first-order chi connectivity index (χ1) is 30.3. The Hall–Kier alpha value is -2.06. The summed E-state index contributed by atoms with van der Waals surface area (Å²) >= 11 is 6.97. The van der Waals surface area contributed by atoms with Gasteiger partial charge in [-0.3, -0.25) is 4.79 Å². The molecule has 6 aromatic rings. The number of carbonyl (C=O) groups is 1. The molecule has 0 saturated carbocycles. The Balaban J connectivity index is 0.000000601. The van der Waals surface area contributed by atoms with E-state index in [0.717, 1.165) is 84.1 Å². The number of aliphatic hydroxyl groups is 2. The summed E-state index contributed by atoms with van der Waals surface area (Å²) in [6, 6.07) is 31.8. The fourth-order valence-corrected chi connectivity index (χ4v) is 7.83. The summed E-state index contributed by atoms with van der Waals surface area (Å²) in [5.74, 6) is -0.0972. The standard InChI is InChI=1S/C22H26BrN5O2.C22H24BrN5O2.C2H6O.B.HI.K.Na.H/c2*1-16(17(2)29)28-22(30)27(15-24-28)21-9-7-20(8-10-21)26-13-11-25(12-14-26)19-5-3-18(23)4-6-19;1-2-3;;;;;/h3-10,15-17,29H,11-14H2,1-2H3;3-10,15-16H,11-14H2,1-2H3;3H,2H2,1H3;;1H;;;/q;;;;;2*+1;-1/p-1. The number of piperazine rings is 2. The molecule has 347 valence electrons. The second-order valence-corrected chi connectivity index (χ2v) is 17.3. The molecular weight excluding hydrogens is 1130 g/mol. The summed E-state index contributed by atoms with van der Waals surface area (Å²) in [7, 11) is 0. The van der Waals surface area contributed by atoms with E-state index in [-0.39, 0.29) is 145 Å². The van der Waals surface area contributed by atoms with Crippen LogP contribution in [0.4, 0.5) is 22.7 Å². The molecule has 15 nitrogen and oxygen atoms in total. The van der Waals surface area contributed by atoms with Crippen LogP contribution in [0.2, 0.25) is 0 Å². The fraction of sp³-hybridized carbons (Fsp3) is 0.370. The third-order valence-corrected chi connectivity index (χ3v) is 12.4. The minimum absolute atomic E-state index is 0. The van der Waals surface area contributed by atoms with E-state index < -0.39 is 12.1 Å². The summed E-state index contributed by atoms with van der Waals surface area (Å²) in [5, 5.41) is 25.6. The molecule has 3 atom stereocenters. The van der Waals surface area contributed by atoms with Crippen LogP contribution >= 0.6 is 31.9 Å². The van der Waals surface area contributed by atoms with Crippen molar-refractivity contribution in [1.82, 2.24) is 28.7 Å². The number of anilines is 4. The quantitative estimate of drug-likeness (QED) is 0.108. The van der Waals surface area contributed by atoms with Crippen molar-refractivity contribution in [3.05, 3.63) is 140 Å². The number of carbonyl (C=O) groups excluding carboxylic acids is 1. The van der Waals surface area contributed by atoms with Crippen LogP contribution < -0.4 is 136 Å². The molecule has 2 N–H and O–H groups in total. The van der Waals surface area contributed by atoms with Gasteiger partial charge in [-0.2, -0.15) is 10.2 Å². The van der Waals surface area contributed by atoms with E-state index in [4.69, 9.17) is 5.11 Å². The van der Waals surface area contributed by atoms with Gasteiger partial charge in [0.1, 0.15) is 18.7 Å². The predicted octanol–water partition coefficient (Wildman–Crippen LogP) is -2.92. The van der Waals surface area contributed by atoms with Gasteiger partial charge in [-0.15, -0.1) is 0 Å². The number of rotatable bonds is 10. The maximum absolute atomic E-state index is 12.6. The summed E-state index contributed by atoms with van der Waals surface area (Å²) in [6.07, 6.45) is 2.32. The van der Waals surface area contributed by atoms with Crippen LogP contribution in [0, 0.1) is 0 Å². The molecule has 67 heavy (non-hydrogen) atoms. The van der Waals surface area contributed by atoms with Crippen molar-refractivity contribution < 1.29 is 121 Å². The molecule has 2 saturated heterocycles. The van der Waals surface area contributed by atoms with Gasteiger partial charge in [-0.05, 0) is 132 Å². The van der Waals surface area contributed by atoms with E-state index in [1.54, 1.807) is 27.7 Å². The van der Waals surface area contributed by atoms with E-state index in [1.165, 1.54) is 49.5 Å². The zero-order valence-corrected chi connectivity index (χ0v) is 49.7. The molecule has 0 aliphatic carbocycles. The average molecular weight is 1190 g/mol. The molecular formula is C46H57BBr2IKN10NaO5. The zero-order chi connectivity index (χ0) is 45.2. The average Bonchev–Trinajstić information content (AvgIpc) is 3.88. The Labute approximate surface area is 494 Å². The first-order valence-corrected chi connectivity index (χ1v) is 22.7. The molecule has 2 fully saturated rings. The molecule has 2 aliphatic heterocycles. The van der Waals surface area contributed by atoms with Crippen LogP contribution in [0.3, 0.4) is 0 Å². The molecule has 0 amide bonds. The molecule has 3 radical (unpaired) electrons. The normalized spacial score (nSPS) is 14.5. The molecule has 3 unspecified atom stereocenters. The molecule has 21 heteroatoms. The second-order valence-electron chi connectivity index (χ2n) is 15.5. The van der Waals surface area contributed by atoms with Crippen molar-refractivity contribution in [1.29, 1.82) is 0 Å². The van der Waals surface area contributed by atoms with Crippen molar-refractivity contribution in [3.63, 3.8) is 0 Å². The van der Waals surface area contributed by atoms with Gasteiger partial charge in [0, 0.05) is 99.1 Å². The Bertz CT molecular complexity index is 2520. The van der Waals surface area contributed by atoms with Crippen molar-refractivity contribution in [3.8, 4) is 11.4 Å². The van der Waals surface area contributed by atoms with Crippen molar-refractivity contribution in [2.24, 2.45) is 0 Å². The number of Topliss-reactive ketones (excluding diaryl/α,β-unsaturated/α-hetero) is 1. The van der Waals surface area contributed by atoms with Gasteiger partial charge >= 0.3 is 92.3 Å². The smallest absolute Gasteiger partial charge is 1.00 e. The number of ketones is 1. The molecule has 8 rings (SSSR count). The van der Waals surface area contributed by atoms with E-state index >= 15 is 0 Å². The monoisotopic (exact) mass is 1190 g/mol. The Morgan fingerprint density at radius 3 is 1.13 bits per heavy atom. The molecule has 0 spiro atoms. The molecule has 4 aromatic carbocycles. The maximum Gasteiger partial charge on any atom is 1.00 e. The molecule has 2 aliphatic rings. The third kappa shape index (κ3) is 16.0. The van der Waals surface area contributed by atoms with Crippen LogP contribution in [0.1, 0.15) is 48.1 Å². The van der Waals surface area contributed by atoms with Crippen LogP contribution in [-0.4, -0.2) is 118 Å². The molecule has 0 bridgehead atoms. The maximum atomic E-state index is 12.6. The summed E-state index contributed by atoms with van der Waals surface area (Å²) < 4.78 is 7.70. The van der Waals surface area contributed by atoms with Gasteiger partial charge in [-0.1, -0.05) is 31.9 Å². The molecule has 2 aromatic heterocycles. The van der Waals surface area contributed by atoms with Crippen LogP contribution in [0.5, 0.6) is 0 Å². The Morgan fingerprint density at radius 1 is 0.597 bits per heavy atom. The van der Waals surface area contributed by atoms with E-state index in [9.17, 15) is 19.5 Å². The van der Waals surface area contributed by atoms with Crippen LogP contribution in [-0.2, 0) is 4.79 Å². The molecule has 4 heterocycles. The minimum atomic E-state index is -0.649. The summed E-state index contributed by atoms with van der Waals surface area (Å²) in [5.41, 5.74) is 5.70. The summed E-state index contributed by atoms with van der Waals surface area (Å²) in [6.45, 7) is 16.1. The topological polar surface area (TPSA) is 150 Å². The van der Waals surface area contributed by atoms with Gasteiger partial charge in [0.15, 0.2) is 5.78 Å². The minimum Gasteiger partial charge on any atom is -1.00 e. The Morgan fingerprint density at radius 2 is 0.851 bits per heavy atom. The van der Waals surface area contributed by atoms with E-state index in [1.807, 2.05) is 48.5 Å². The van der Waals surface area contributed by atoms with Crippen LogP contribution in [0.15, 0.2) is 128 Å². The fourth-order valence-electron chi connectivity index (χ4n) is 7.31. The number of aromatic nitrogens is 6. The van der Waals surface area contributed by atoms with Crippen molar-refractivity contribution in [2.75, 3.05) is 78.6 Å². The van der Waals surface area contributed by atoms with E-state index in [0.29, 0.717) is 0 Å². The van der Waals surface area contributed by atoms with Crippen LogP contribution in [0.25, 0.3) is 11.4 Å². The van der Waals surface area contributed by atoms with Gasteiger partial charge in [0.2, 0.25) is 0 Å². The first-order valence-electron chi connectivity index (χ1n) is 21.1. The second kappa shape index (κ2) is 29.3. The van der Waals surface area contributed by atoms with Crippen molar-refractivity contribution in [2.45, 2.75) is 52.8 Å². The SMILES string of the molecule is CC(=O)C(C)n1ncn(-c2ccc(N3CCN(c4ccc(Br)cc4)CC3)cc2)c1=O.CC(O)C(C)n1ncn(-c2ccc(N3CCN(c4ccc(Br)cc4)CC3)cc2)c1=O.CCO.[B].[H-].[I-].[K+].[Na+]. The third-order valence-electron chi connectivity index (χ3n) is 11.4. The van der Waals surface area contributed by atoms with Gasteiger partial charge in [0.05, 0.1) is 23.5 Å². The first kappa shape index (κ1) is 61.1. The largest absolute Gasteiger partial charge is 1.00 e. The van der Waals surface area contributed by atoms with Gasteiger partial charge in [-0.25, -0.2) is 28.1 Å². The summed E-state index contributed by atoms with van der Waals surface area (Å²) in [4.78, 5) is 46.3.